The Labute approximate surface area is 179 Å². The third-order valence-corrected chi connectivity index (χ3v) is 6.54. The number of likely N-dealkylation sites (N-methyl/N-ethyl adjacent to an activating group) is 1. The number of methoxy groups -OCH3 is 1. The average Bonchev–Trinajstić information content (AvgIpc) is 2.89. The van der Waals surface area contributed by atoms with Crippen molar-refractivity contribution in [3.63, 3.8) is 0 Å². The number of rotatable bonds is 4. The second-order valence-corrected chi connectivity index (χ2v) is 8.84. The summed E-state index contributed by atoms with van der Waals surface area (Å²) in [7, 11) is 5.78. The molecular formula is C25H32N2O3. The normalized spacial score (nSPS) is 24.0. The Morgan fingerprint density at radius 3 is 2.57 bits per heavy atom. The fraction of sp³-hybridized carbons (Fsp3) is 0.480. The number of nitrogens with zero attached hydrogens (tertiary/aromatic N) is 2. The van der Waals surface area contributed by atoms with Gasteiger partial charge in [0.25, 0.3) is 5.91 Å². The molecule has 5 nitrogen and oxygen atoms in total. The maximum Gasteiger partial charge on any atom is 0.253 e. The molecule has 2 aromatic carbocycles. The first-order valence-electron chi connectivity index (χ1n) is 10.8. The Morgan fingerprint density at radius 1 is 1.17 bits per heavy atom. The summed E-state index contributed by atoms with van der Waals surface area (Å²) in [5.41, 5.74) is 2.90. The summed E-state index contributed by atoms with van der Waals surface area (Å²) in [6.07, 6.45) is 3.83. The van der Waals surface area contributed by atoms with E-state index in [4.69, 9.17) is 9.47 Å². The Balaban J connectivity index is 1.41. The van der Waals surface area contributed by atoms with Crippen LogP contribution < -0.4 is 4.74 Å². The van der Waals surface area contributed by atoms with Crippen molar-refractivity contribution in [2.24, 2.45) is 0 Å². The topological polar surface area (TPSA) is 42.0 Å². The zero-order valence-electron chi connectivity index (χ0n) is 18.3. The van der Waals surface area contributed by atoms with Crippen molar-refractivity contribution in [3.05, 3.63) is 65.2 Å². The monoisotopic (exact) mass is 408 g/mol. The van der Waals surface area contributed by atoms with Gasteiger partial charge in [-0.15, -0.1) is 0 Å². The van der Waals surface area contributed by atoms with Crippen molar-refractivity contribution in [2.45, 2.75) is 50.5 Å². The molecule has 0 bridgehead atoms. The van der Waals surface area contributed by atoms with E-state index >= 15 is 0 Å². The summed E-state index contributed by atoms with van der Waals surface area (Å²) >= 11 is 0. The predicted octanol–water partition coefficient (Wildman–Crippen LogP) is 4.11. The summed E-state index contributed by atoms with van der Waals surface area (Å²) in [4.78, 5) is 17.3. The highest BCUT2D eigenvalue weighted by Crippen LogP contribution is 2.39. The number of ether oxygens (including phenoxy) is 2. The number of hydrogen-bond acceptors (Lipinski definition) is 4. The summed E-state index contributed by atoms with van der Waals surface area (Å²) in [6.45, 7) is 2.40. The average molecular weight is 409 g/mol. The number of benzene rings is 2. The van der Waals surface area contributed by atoms with Crippen LogP contribution in [0, 0.1) is 0 Å². The van der Waals surface area contributed by atoms with Gasteiger partial charge in [-0.25, -0.2) is 0 Å². The molecule has 0 N–H and O–H groups in total. The van der Waals surface area contributed by atoms with Gasteiger partial charge in [-0.05, 0) is 56.5 Å². The minimum Gasteiger partial charge on any atom is -0.486 e. The van der Waals surface area contributed by atoms with E-state index in [0.717, 1.165) is 55.6 Å². The molecule has 1 amide bonds. The van der Waals surface area contributed by atoms with Crippen LogP contribution in [0.2, 0.25) is 0 Å². The van der Waals surface area contributed by atoms with Gasteiger partial charge < -0.3 is 14.4 Å². The molecule has 0 atom stereocenters. The van der Waals surface area contributed by atoms with Crippen LogP contribution in [0.5, 0.6) is 5.75 Å². The Hall–Kier alpha value is -2.37. The van der Waals surface area contributed by atoms with E-state index in [9.17, 15) is 4.79 Å². The Morgan fingerprint density at radius 2 is 1.87 bits per heavy atom. The molecule has 2 aliphatic rings. The summed E-state index contributed by atoms with van der Waals surface area (Å²) in [5, 5.41) is 0. The highest BCUT2D eigenvalue weighted by molar-refractivity contribution is 5.94. The number of hydrogen-bond donors (Lipinski definition) is 0. The molecule has 1 heterocycles. The smallest absolute Gasteiger partial charge is 0.253 e. The van der Waals surface area contributed by atoms with Crippen LogP contribution in [0.4, 0.5) is 0 Å². The quantitative estimate of drug-likeness (QED) is 0.764. The number of carbonyl (C=O) groups is 1. The number of fused-ring (bicyclic) bond motifs is 1. The van der Waals surface area contributed by atoms with Gasteiger partial charge in [0.2, 0.25) is 0 Å². The highest BCUT2D eigenvalue weighted by atomic mass is 16.5. The van der Waals surface area contributed by atoms with E-state index in [1.165, 1.54) is 5.56 Å². The van der Waals surface area contributed by atoms with Gasteiger partial charge in [-0.1, -0.05) is 30.3 Å². The van der Waals surface area contributed by atoms with Gasteiger partial charge in [-0.2, -0.15) is 0 Å². The largest absolute Gasteiger partial charge is 0.486 e. The molecule has 1 aliphatic carbocycles. The first-order chi connectivity index (χ1) is 14.5. The SMILES string of the molecule is COCc1ccc(C(=O)N(C)C2CCC3(CC2)CN(C)Cc2ccccc2O3)cc1. The van der Waals surface area contributed by atoms with Crippen LogP contribution in [-0.2, 0) is 17.9 Å². The van der Waals surface area contributed by atoms with Crippen LogP contribution in [0.15, 0.2) is 48.5 Å². The summed E-state index contributed by atoms with van der Waals surface area (Å²) in [5.74, 6) is 1.10. The van der Waals surface area contributed by atoms with Crippen molar-refractivity contribution in [2.75, 3.05) is 27.7 Å². The molecule has 1 spiro atoms. The van der Waals surface area contributed by atoms with Crippen LogP contribution in [0.25, 0.3) is 0 Å². The zero-order valence-corrected chi connectivity index (χ0v) is 18.3. The molecular weight excluding hydrogens is 376 g/mol. The Kier molecular flexibility index (Phi) is 6.11. The molecule has 0 radical (unpaired) electrons. The predicted molar refractivity (Wildman–Crippen MR) is 118 cm³/mol. The minimum absolute atomic E-state index is 0.0872. The minimum atomic E-state index is -0.163. The fourth-order valence-electron chi connectivity index (χ4n) is 4.89. The van der Waals surface area contributed by atoms with Crippen molar-refractivity contribution in [3.8, 4) is 5.75 Å². The van der Waals surface area contributed by atoms with Gasteiger partial charge in [0.1, 0.15) is 11.4 Å². The summed E-state index contributed by atoms with van der Waals surface area (Å²) < 4.78 is 11.8. The maximum absolute atomic E-state index is 13.0. The van der Waals surface area contributed by atoms with Crippen molar-refractivity contribution >= 4 is 5.91 Å². The van der Waals surface area contributed by atoms with Crippen LogP contribution in [-0.4, -0.2) is 55.1 Å². The van der Waals surface area contributed by atoms with Gasteiger partial charge in [0.15, 0.2) is 0 Å². The third-order valence-electron chi connectivity index (χ3n) is 6.54. The van der Waals surface area contributed by atoms with Gasteiger partial charge >= 0.3 is 0 Å². The van der Waals surface area contributed by atoms with Crippen LogP contribution in [0.3, 0.4) is 0 Å². The molecule has 5 heteroatoms. The first kappa shape index (κ1) is 20.9. The van der Waals surface area contributed by atoms with Crippen molar-refractivity contribution in [1.82, 2.24) is 9.80 Å². The lowest BCUT2D eigenvalue weighted by Gasteiger charge is -2.43. The lowest BCUT2D eigenvalue weighted by Crippen LogP contribution is -2.51. The zero-order chi connectivity index (χ0) is 21.1. The van der Waals surface area contributed by atoms with Gasteiger partial charge in [0, 0.05) is 44.4 Å². The van der Waals surface area contributed by atoms with Gasteiger partial charge in [-0.3, -0.25) is 9.69 Å². The number of amides is 1. The first-order valence-corrected chi connectivity index (χ1v) is 10.8. The lowest BCUT2D eigenvalue weighted by molar-refractivity contribution is -0.00842. The summed E-state index contributed by atoms with van der Waals surface area (Å²) in [6, 6.07) is 16.3. The molecule has 160 valence electrons. The molecule has 0 saturated heterocycles. The number of carbonyl (C=O) groups excluding carboxylic acids is 1. The second-order valence-electron chi connectivity index (χ2n) is 8.84. The van der Waals surface area contributed by atoms with E-state index in [0.29, 0.717) is 6.61 Å². The van der Waals surface area contributed by atoms with Crippen LogP contribution in [0.1, 0.15) is 47.2 Å². The molecule has 4 rings (SSSR count). The Bertz CT molecular complexity index is 872. The molecule has 0 aromatic heterocycles. The maximum atomic E-state index is 13.0. The van der Waals surface area contributed by atoms with E-state index in [1.54, 1.807) is 7.11 Å². The van der Waals surface area contributed by atoms with E-state index in [-0.39, 0.29) is 17.6 Å². The molecule has 2 aromatic rings. The molecule has 1 fully saturated rings. The van der Waals surface area contributed by atoms with Crippen molar-refractivity contribution < 1.29 is 14.3 Å². The van der Waals surface area contributed by atoms with Crippen LogP contribution >= 0.6 is 0 Å². The number of para-hydroxylation sites is 1. The van der Waals surface area contributed by atoms with E-state index in [2.05, 4.69) is 30.1 Å². The molecule has 1 aliphatic heterocycles. The molecule has 30 heavy (non-hydrogen) atoms. The lowest BCUT2D eigenvalue weighted by atomic mass is 9.81. The van der Waals surface area contributed by atoms with E-state index in [1.807, 2.05) is 42.3 Å². The van der Waals surface area contributed by atoms with Crippen molar-refractivity contribution in [1.29, 1.82) is 0 Å². The fourth-order valence-corrected chi connectivity index (χ4v) is 4.89. The highest BCUT2D eigenvalue weighted by Gasteiger charge is 2.41. The van der Waals surface area contributed by atoms with E-state index < -0.39 is 0 Å². The molecule has 0 unspecified atom stereocenters. The molecule has 1 saturated carbocycles. The van der Waals surface area contributed by atoms with Gasteiger partial charge in [0.05, 0.1) is 6.61 Å². The third kappa shape index (κ3) is 4.37. The second kappa shape index (κ2) is 8.78. The standard InChI is InChI=1S/C25H32N2O3/c1-26-16-21-6-4-5-7-23(21)30-25(18-26)14-12-22(13-15-25)27(2)24(28)20-10-8-19(9-11-20)17-29-3/h4-11,22H,12-18H2,1-3H3.